The molecule has 0 radical (unpaired) electrons. The fourth-order valence-corrected chi connectivity index (χ4v) is 3.09. The van der Waals surface area contributed by atoms with E-state index in [1.807, 2.05) is 24.3 Å². The van der Waals surface area contributed by atoms with E-state index in [2.05, 4.69) is 5.32 Å². The highest BCUT2D eigenvalue weighted by Gasteiger charge is 2.17. The highest BCUT2D eigenvalue weighted by molar-refractivity contribution is 5.87. The van der Waals surface area contributed by atoms with Crippen LogP contribution in [0.15, 0.2) is 45.6 Å². The predicted octanol–water partition coefficient (Wildman–Crippen LogP) is 2.99. The van der Waals surface area contributed by atoms with Gasteiger partial charge in [0.1, 0.15) is 11.3 Å². The second-order valence-electron chi connectivity index (χ2n) is 6.50. The summed E-state index contributed by atoms with van der Waals surface area (Å²) in [6, 6.07) is 10.7. The smallest absolute Gasteiger partial charge is 0.340 e. The summed E-state index contributed by atoms with van der Waals surface area (Å²) in [4.78, 5) is 24.9. The summed E-state index contributed by atoms with van der Waals surface area (Å²) >= 11 is 0. The maximum Gasteiger partial charge on any atom is 0.340 e. The molecule has 0 aliphatic heterocycles. The van der Waals surface area contributed by atoms with E-state index in [9.17, 15) is 9.59 Å². The van der Waals surface area contributed by atoms with E-state index in [1.54, 1.807) is 26.2 Å². The molecule has 1 aromatic heterocycles. The monoisotopic (exact) mass is 397 g/mol. The van der Waals surface area contributed by atoms with Crippen LogP contribution < -0.4 is 25.2 Å². The minimum atomic E-state index is -0.540. The summed E-state index contributed by atoms with van der Waals surface area (Å²) in [5.74, 6) is 1.46. The average Bonchev–Trinajstić information content (AvgIpc) is 2.74. The Balaban J connectivity index is 1.81. The van der Waals surface area contributed by atoms with Gasteiger partial charge in [0.05, 0.1) is 33.3 Å². The minimum absolute atomic E-state index is 0.0748. The van der Waals surface area contributed by atoms with Crippen LogP contribution in [0.2, 0.25) is 0 Å². The number of amides is 1. The summed E-state index contributed by atoms with van der Waals surface area (Å²) in [5.41, 5.74) is 1.77. The van der Waals surface area contributed by atoms with E-state index in [1.165, 1.54) is 14.2 Å². The number of nitrogens with one attached hydrogen (secondary N) is 1. The fraction of sp³-hybridized carbons (Fsp3) is 0.273. The zero-order valence-corrected chi connectivity index (χ0v) is 16.8. The highest BCUT2D eigenvalue weighted by Crippen LogP contribution is 2.33. The van der Waals surface area contributed by atoms with Crippen molar-refractivity contribution in [3.8, 4) is 17.2 Å². The molecule has 0 unspecified atom stereocenters. The normalized spacial score (nSPS) is 10.6. The van der Waals surface area contributed by atoms with Crippen molar-refractivity contribution in [2.75, 3.05) is 21.3 Å². The largest absolute Gasteiger partial charge is 0.497 e. The molecule has 152 valence electrons. The number of carbonyl (C=O) groups is 1. The lowest BCUT2D eigenvalue weighted by Crippen LogP contribution is -2.27. The van der Waals surface area contributed by atoms with Gasteiger partial charge in [0, 0.05) is 18.0 Å². The van der Waals surface area contributed by atoms with Crippen LogP contribution in [0.25, 0.3) is 11.0 Å². The lowest BCUT2D eigenvalue weighted by molar-refractivity contribution is -0.120. The van der Waals surface area contributed by atoms with Gasteiger partial charge in [0.25, 0.3) is 0 Å². The number of benzene rings is 2. The lowest BCUT2D eigenvalue weighted by Gasteiger charge is -2.12. The van der Waals surface area contributed by atoms with Crippen molar-refractivity contribution >= 4 is 16.9 Å². The summed E-state index contributed by atoms with van der Waals surface area (Å²) in [7, 11) is 4.64. The number of carbonyl (C=O) groups excluding carboxylic acids is 1. The van der Waals surface area contributed by atoms with E-state index in [4.69, 9.17) is 18.6 Å². The number of hydrogen-bond donors (Lipinski definition) is 1. The summed E-state index contributed by atoms with van der Waals surface area (Å²) < 4.78 is 21.1. The maximum atomic E-state index is 12.5. The molecule has 0 saturated heterocycles. The van der Waals surface area contributed by atoms with Crippen LogP contribution in [-0.2, 0) is 17.8 Å². The molecule has 0 bridgehead atoms. The van der Waals surface area contributed by atoms with E-state index in [0.717, 1.165) is 11.3 Å². The van der Waals surface area contributed by atoms with E-state index in [0.29, 0.717) is 40.1 Å². The number of hydrogen-bond acceptors (Lipinski definition) is 6. The molecule has 3 rings (SSSR count). The Morgan fingerprint density at radius 2 is 1.66 bits per heavy atom. The molecule has 0 fully saturated rings. The summed E-state index contributed by atoms with van der Waals surface area (Å²) in [6.07, 6.45) is -0.0748. The number of fused-ring (bicyclic) bond motifs is 1. The molecule has 2 aromatic carbocycles. The molecule has 1 N–H and O–H groups in total. The van der Waals surface area contributed by atoms with Gasteiger partial charge < -0.3 is 23.9 Å². The number of ether oxygens (including phenoxy) is 3. The van der Waals surface area contributed by atoms with Crippen molar-refractivity contribution in [2.24, 2.45) is 0 Å². The van der Waals surface area contributed by atoms with E-state index < -0.39 is 5.63 Å². The van der Waals surface area contributed by atoms with Crippen molar-refractivity contribution in [1.29, 1.82) is 0 Å². The molecule has 7 heteroatoms. The van der Waals surface area contributed by atoms with Crippen LogP contribution in [0.5, 0.6) is 17.2 Å². The SMILES string of the molecule is COc1ccc(CNC(=O)Cc2c(C)c3cc(OC)c(OC)cc3oc2=O)cc1. The Morgan fingerprint density at radius 3 is 2.28 bits per heavy atom. The van der Waals surface area contributed by atoms with Crippen LogP contribution in [0.3, 0.4) is 0 Å². The molecule has 1 heterocycles. The van der Waals surface area contributed by atoms with Gasteiger partial charge in [-0.15, -0.1) is 0 Å². The zero-order chi connectivity index (χ0) is 21.0. The molecular formula is C22H23NO6. The molecule has 0 aliphatic carbocycles. The third-order valence-electron chi connectivity index (χ3n) is 4.78. The third-order valence-corrected chi connectivity index (χ3v) is 4.78. The van der Waals surface area contributed by atoms with Crippen LogP contribution in [0, 0.1) is 6.92 Å². The highest BCUT2D eigenvalue weighted by atomic mass is 16.5. The first kappa shape index (κ1) is 20.3. The fourth-order valence-electron chi connectivity index (χ4n) is 3.09. The van der Waals surface area contributed by atoms with Gasteiger partial charge >= 0.3 is 5.63 Å². The number of aryl methyl sites for hydroxylation is 1. The van der Waals surface area contributed by atoms with Crippen molar-refractivity contribution in [1.82, 2.24) is 5.32 Å². The van der Waals surface area contributed by atoms with Crippen LogP contribution >= 0.6 is 0 Å². The average molecular weight is 397 g/mol. The molecule has 29 heavy (non-hydrogen) atoms. The minimum Gasteiger partial charge on any atom is -0.497 e. The maximum absolute atomic E-state index is 12.5. The molecule has 3 aromatic rings. The van der Waals surface area contributed by atoms with E-state index in [-0.39, 0.29) is 12.3 Å². The van der Waals surface area contributed by atoms with Crippen LogP contribution in [0.4, 0.5) is 0 Å². The second-order valence-corrected chi connectivity index (χ2v) is 6.50. The first-order chi connectivity index (χ1) is 14.0. The first-order valence-electron chi connectivity index (χ1n) is 9.04. The van der Waals surface area contributed by atoms with Crippen molar-refractivity contribution < 1.29 is 23.4 Å². The topological polar surface area (TPSA) is 87.0 Å². The van der Waals surface area contributed by atoms with Gasteiger partial charge in [-0.1, -0.05) is 12.1 Å². The van der Waals surface area contributed by atoms with Gasteiger partial charge in [0.15, 0.2) is 11.5 Å². The molecular weight excluding hydrogens is 374 g/mol. The first-order valence-corrected chi connectivity index (χ1v) is 9.04. The lowest BCUT2D eigenvalue weighted by atomic mass is 10.0. The van der Waals surface area contributed by atoms with E-state index >= 15 is 0 Å². The molecule has 0 spiro atoms. The van der Waals surface area contributed by atoms with Gasteiger partial charge in [-0.05, 0) is 36.2 Å². The van der Waals surface area contributed by atoms with Crippen LogP contribution in [0.1, 0.15) is 16.7 Å². The number of rotatable bonds is 7. The van der Waals surface area contributed by atoms with Crippen molar-refractivity contribution in [2.45, 2.75) is 19.9 Å². The number of methoxy groups -OCH3 is 3. The predicted molar refractivity (Wildman–Crippen MR) is 109 cm³/mol. The standard InChI is InChI=1S/C22H23NO6/c1-13-16-9-19(27-3)20(28-4)11-18(16)29-22(25)17(13)10-21(24)23-12-14-5-7-15(26-2)8-6-14/h5-9,11H,10,12H2,1-4H3,(H,23,24). The van der Waals surface area contributed by atoms with Crippen LogP contribution in [-0.4, -0.2) is 27.2 Å². The third kappa shape index (κ3) is 4.34. The van der Waals surface area contributed by atoms with Gasteiger partial charge in [-0.2, -0.15) is 0 Å². The van der Waals surface area contributed by atoms with Gasteiger partial charge in [0.2, 0.25) is 5.91 Å². The molecule has 1 amide bonds. The Morgan fingerprint density at radius 1 is 1.00 bits per heavy atom. The quantitative estimate of drug-likeness (QED) is 0.617. The Kier molecular flexibility index (Phi) is 6.07. The Bertz CT molecular complexity index is 1090. The summed E-state index contributed by atoms with van der Waals surface area (Å²) in [5, 5.41) is 3.52. The van der Waals surface area contributed by atoms with Gasteiger partial charge in [-0.3, -0.25) is 4.79 Å². The summed E-state index contributed by atoms with van der Waals surface area (Å²) in [6.45, 7) is 2.14. The molecule has 7 nitrogen and oxygen atoms in total. The Hall–Kier alpha value is -3.48. The molecule has 0 saturated carbocycles. The van der Waals surface area contributed by atoms with Crippen molar-refractivity contribution in [3.05, 3.63) is 63.5 Å². The molecule has 0 atom stereocenters. The Labute approximate surface area is 168 Å². The second kappa shape index (κ2) is 8.68. The van der Waals surface area contributed by atoms with Crippen molar-refractivity contribution in [3.63, 3.8) is 0 Å². The molecule has 0 aliphatic rings. The zero-order valence-electron chi connectivity index (χ0n) is 16.8. The van der Waals surface area contributed by atoms with Gasteiger partial charge in [-0.25, -0.2) is 4.79 Å².